The molecule has 0 aromatic heterocycles. The lowest BCUT2D eigenvalue weighted by atomic mass is 10.1. The van der Waals surface area contributed by atoms with E-state index in [0.717, 1.165) is 6.07 Å². The molecule has 0 radical (unpaired) electrons. The van der Waals surface area contributed by atoms with Crippen molar-refractivity contribution in [1.29, 1.82) is 0 Å². The van der Waals surface area contributed by atoms with Crippen LogP contribution in [-0.4, -0.2) is 18.2 Å². The van der Waals surface area contributed by atoms with E-state index in [0.29, 0.717) is 6.54 Å². The number of hydrogen-bond acceptors (Lipinski definition) is 2. The van der Waals surface area contributed by atoms with Crippen molar-refractivity contribution >= 4 is 0 Å². The van der Waals surface area contributed by atoms with E-state index in [1.807, 2.05) is 27.7 Å². The Labute approximate surface area is 101 Å². The molecule has 0 spiro atoms. The van der Waals surface area contributed by atoms with Gasteiger partial charge < -0.3 is 10.1 Å². The molecule has 0 saturated heterocycles. The molecule has 0 bridgehead atoms. The Morgan fingerprint density at radius 2 is 1.94 bits per heavy atom. The van der Waals surface area contributed by atoms with E-state index >= 15 is 0 Å². The molecule has 2 nitrogen and oxygen atoms in total. The van der Waals surface area contributed by atoms with Gasteiger partial charge in [0.25, 0.3) is 0 Å². The summed E-state index contributed by atoms with van der Waals surface area (Å²) in [5.41, 5.74) is -0.0297. The summed E-state index contributed by atoms with van der Waals surface area (Å²) in [6.45, 7) is 8.47. The van der Waals surface area contributed by atoms with Crippen molar-refractivity contribution < 1.29 is 13.5 Å². The lowest BCUT2D eigenvalue weighted by molar-refractivity contribution is 0.193. The van der Waals surface area contributed by atoms with Crippen LogP contribution in [0.2, 0.25) is 0 Å². The predicted octanol–water partition coefficient (Wildman–Crippen LogP) is 3.12. The summed E-state index contributed by atoms with van der Waals surface area (Å²) in [4.78, 5) is 0. The first-order valence-corrected chi connectivity index (χ1v) is 5.65. The molecule has 0 aliphatic carbocycles. The fraction of sp³-hybridized carbons (Fsp3) is 0.538. The average molecular weight is 243 g/mol. The third kappa shape index (κ3) is 4.69. The first kappa shape index (κ1) is 13.9. The number of nitrogens with one attached hydrogen (secondary N) is 1. The second kappa shape index (κ2) is 5.45. The van der Waals surface area contributed by atoms with Crippen LogP contribution < -0.4 is 10.1 Å². The molecule has 17 heavy (non-hydrogen) atoms. The zero-order chi connectivity index (χ0) is 13.1. The van der Waals surface area contributed by atoms with Gasteiger partial charge in [-0.3, -0.25) is 0 Å². The average Bonchev–Trinajstić information content (AvgIpc) is 2.21. The number of benzene rings is 1. The molecule has 1 aromatic carbocycles. The predicted molar refractivity (Wildman–Crippen MR) is 64.2 cm³/mol. The Hall–Kier alpha value is -1.16. The zero-order valence-electron chi connectivity index (χ0n) is 10.7. The molecule has 0 amide bonds. The minimum absolute atomic E-state index is 0.0297. The molecule has 96 valence electrons. The summed E-state index contributed by atoms with van der Waals surface area (Å²) in [6.07, 6.45) is -0.231. The van der Waals surface area contributed by atoms with Crippen molar-refractivity contribution in [3.8, 4) is 5.75 Å². The Kier molecular flexibility index (Phi) is 4.46. The summed E-state index contributed by atoms with van der Waals surface area (Å²) >= 11 is 0. The molecule has 0 heterocycles. The van der Waals surface area contributed by atoms with Crippen LogP contribution in [0.15, 0.2) is 18.2 Å². The van der Waals surface area contributed by atoms with Gasteiger partial charge in [-0.15, -0.1) is 0 Å². The molecular weight excluding hydrogens is 224 g/mol. The van der Waals surface area contributed by atoms with Gasteiger partial charge in [-0.1, -0.05) is 6.07 Å². The summed E-state index contributed by atoms with van der Waals surface area (Å²) < 4.78 is 31.6. The van der Waals surface area contributed by atoms with Crippen molar-refractivity contribution in [2.75, 3.05) is 6.54 Å². The summed E-state index contributed by atoms with van der Waals surface area (Å²) in [5.74, 6) is -1.87. The number of rotatable bonds is 4. The largest absolute Gasteiger partial charge is 0.486 e. The van der Waals surface area contributed by atoms with Crippen LogP contribution in [0.3, 0.4) is 0 Å². The van der Waals surface area contributed by atoms with Crippen molar-refractivity contribution in [3.63, 3.8) is 0 Å². The van der Waals surface area contributed by atoms with Gasteiger partial charge in [0.1, 0.15) is 6.10 Å². The van der Waals surface area contributed by atoms with Crippen molar-refractivity contribution in [1.82, 2.24) is 5.32 Å². The van der Waals surface area contributed by atoms with Crippen LogP contribution in [0, 0.1) is 11.6 Å². The lowest BCUT2D eigenvalue weighted by Gasteiger charge is -2.24. The van der Waals surface area contributed by atoms with E-state index in [1.165, 1.54) is 12.1 Å². The third-order valence-electron chi connectivity index (χ3n) is 2.16. The Bertz CT molecular complexity index is 374. The molecule has 0 aliphatic heterocycles. The quantitative estimate of drug-likeness (QED) is 0.877. The molecule has 4 heteroatoms. The van der Waals surface area contributed by atoms with E-state index in [2.05, 4.69) is 5.32 Å². The second-order valence-corrected chi connectivity index (χ2v) is 5.11. The Balaban J connectivity index is 2.56. The highest BCUT2D eigenvalue weighted by Gasteiger charge is 2.14. The fourth-order valence-corrected chi connectivity index (χ4v) is 1.28. The number of ether oxygens (including phenoxy) is 1. The van der Waals surface area contributed by atoms with E-state index < -0.39 is 11.6 Å². The number of halogens is 2. The molecule has 1 N–H and O–H groups in total. The topological polar surface area (TPSA) is 21.3 Å². The fourth-order valence-electron chi connectivity index (χ4n) is 1.28. The highest BCUT2D eigenvalue weighted by molar-refractivity contribution is 5.25. The molecule has 1 rings (SSSR count). The first-order valence-electron chi connectivity index (χ1n) is 5.65. The van der Waals surface area contributed by atoms with Gasteiger partial charge in [-0.25, -0.2) is 4.39 Å². The lowest BCUT2D eigenvalue weighted by Crippen LogP contribution is -2.41. The summed E-state index contributed by atoms with van der Waals surface area (Å²) in [6, 6.07) is 3.92. The smallest absolute Gasteiger partial charge is 0.200 e. The van der Waals surface area contributed by atoms with E-state index in [4.69, 9.17) is 4.74 Å². The van der Waals surface area contributed by atoms with Gasteiger partial charge in [-0.2, -0.15) is 4.39 Å². The molecule has 0 aliphatic rings. The van der Waals surface area contributed by atoms with Gasteiger partial charge in [0.2, 0.25) is 5.82 Å². The van der Waals surface area contributed by atoms with Gasteiger partial charge >= 0.3 is 0 Å². The maximum absolute atomic E-state index is 13.3. The van der Waals surface area contributed by atoms with Gasteiger partial charge in [-0.05, 0) is 39.8 Å². The van der Waals surface area contributed by atoms with Crippen LogP contribution in [0.4, 0.5) is 8.78 Å². The van der Waals surface area contributed by atoms with Crippen molar-refractivity contribution in [2.24, 2.45) is 0 Å². The zero-order valence-corrected chi connectivity index (χ0v) is 10.7. The van der Waals surface area contributed by atoms with E-state index in [9.17, 15) is 8.78 Å². The van der Waals surface area contributed by atoms with E-state index in [-0.39, 0.29) is 17.4 Å². The minimum Gasteiger partial charge on any atom is -0.486 e. The van der Waals surface area contributed by atoms with Crippen LogP contribution in [0.5, 0.6) is 5.75 Å². The standard InChI is InChI=1S/C13H19F2NO/c1-9(8-16-13(2,3)4)17-11-7-5-6-10(14)12(11)15/h5-7,9,16H,8H2,1-4H3. The Morgan fingerprint density at radius 1 is 1.29 bits per heavy atom. The molecule has 1 aromatic rings. The number of hydrogen-bond donors (Lipinski definition) is 1. The molecule has 1 unspecified atom stereocenters. The molecule has 1 atom stereocenters. The normalized spacial score (nSPS) is 13.5. The maximum Gasteiger partial charge on any atom is 0.200 e. The van der Waals surface area contributed by atoms with Gasteiger partial charge in [0.05, 0.1) is 0 Å². The summed E-state index contributed by atoms with van der Waals surface area (Å²) in [7, 11) is 0. The first-order chi connectivity index (χ1) is 7.79. The monoisotopic (exact) mass is 243 g/mol. The molecule has 0 fully saturated rings. The summed E-state index contributed by atoms with van der Waals surface area (Å²) in [5, 5.41) is 3.23. The highest BCUT2D eigenvalue weighted by atomic mass is 19.2. The van der Waals surface area contributed by atoms with Crippen molar-refractivity contribution in [3.05, 3.63) is 29.8 Å². The minimum atomic E-state index is -0.935. The molecule has 0 saturated carbocycles. The third-order valence-corrected chi connectivity index (χ3v) is 2.16. The maximum atomic E-state index is 13.3. The van der Waals surface area contributed by atoms with Crippen LogP contribution in [0.25, 0.3) is 0 Å². The second-order valence-electron chi connectivity index (χ2n) is 5.11. The SMILES string of the molecule is CC(CNC(C)(C)C)Oc1cccc(F)c1F. The van der Waals surface area contributed by atoms with Crippen LogP contribution in [0.1, 0.15) is 27.7 Å². The molecular formula is C13H19F2NO. The van der Waals surface area contributed by atoms with E-state index in [1.54, 1.807) is 0 Å². The Morgan fingerprint density at radius 3 is 2.53 bits per heavy atom. The van der Waals surface area contributed by atoms with Crippen LogP contribution in [-0.2, 0) is 0 Å². The van der Waals surface area contributed by atoms with Gasteiger partial charge in [0, 0.05) is 12.1 Å². The highest BCUT2D eigenvalue weighted by Crippen LogP contribution is 2.20. The van der Waals surface area contributed by atoms with Gasteiger partial charge in [0.15, 0.2) is 11.6 Å². The van der Waals surface area contributed by atoms with Crippen molar-refractivity contribution in [2.45, 2.75) is 39.3 Å². The van der Waals surface area contributed by atoms with Crippen LogP contribution >= 0.6 is 0 Å².